The molecule has 0 aromatic carbocycles. The monoisotopic (exact) mass is 145 g/mol. The van der Waals surface area contributed by atoms with E-state index in [9.17, 15) is 0 Å². The maximum atomic E-state index is 2.16. The summed E-state index contributed by atoms with van der Waals surface area (Å²) in [5.41, 5.74) is 0. The Morgan fingerprint density at radius 3 is 2.00 bits per heavy atom. The van der Waals surface area contributed by atoms with E-state index in [0.717, 1.165) is 12.8 Å². The summed E-state index contributed by atoms with van der Waals surface area (Å²) in [6, 6.07) is 0. The summed E-state index contributed by atoms with van der Waals surface area (Å²) in [5, 5.41) is 0. The predicted octanol–water partition coefficient (Wildman–Crippen LogP) is 3.21. The third kappa shape index (κ3) is 4.38. The Bertz CT molecular complexity index is 192. The second-order valence-corrected chi connectivity index (χ2v) is 2.38. The first-order valence-electron chi connectivity index (χ1n) is 3.97. The zero-order chi connectivity index (χ0) is 7.78. The van der Waals surface area contributed by atoms with Crippen molar-refractivity contribution in [3.63, 3.8) is 0 Å². The molecule has 1 radical (unpaired) electrons. The van der Waals surface area contributed by atoms with Crippen LogP contribution in [-0.2, 0) is 0 Å². The molecule has 0 fully saturated rings. The van der Waals surface area contributed by atoms with Crippen molar-refractivity contribution in [3.05, 3.63) is 55.0 Å². The maximum Gasteiger partial charge on any atom is -0.0133 e. The van der Waals surface area contributed by atoms with Gasteiger partial charge in [0.25, 0.3) is 0 Å². The van der Waals surface area contributed by atoms with Crippen LogP contribution in [0.1, 0.15) is 12.8 Å². The Hall–Kier alpha value is -1.04. The highest BCUT2D eigenvalue weighted by atomic mass is 13.8. The second-order valence-electron chi connectivity index (χ2n) is 2.38. The topological polar surface area (TPSA) is 0 Å². The molecule has 0 heteroatoms. The van der Waals surface area contributed by atoms with Gasteiger partial charge in [-0.1, -0.05) is 48.6 Å². The molecule has 0 nitrogen and oxygen atoms in total. The smallest absolute Gasteiger partial charge is 0.0133 e. The van der Waals surface area contributed by atoms with Crippen LogP contribution in [0.5, 0.6) is 0 Å². The molecule has 0 aromatic heterocycles. The Morgan fingerprint density at radius 1 is 0.545 bits per heavy atom. The molecule has 0 bridgehead atoms. The lowest BCUT2D eigenvalue weighted by atomic mass is 10.2. The first-order valence-corrected chi connectivity index (χ1v) is 3.97. The first kappa shape index (κ1) is 8.06. The molecule has 0 saturated heterocycles. The summed E-state index contributed by atoms with van der Waals surface area (Å²) in [5.74, 6) is 0. The summed E-state index contributed by atoms with van der Waals surface area (Å²) in [6.07, 6.45) is 21.0. The molecule has 0 atom stereocenters. The molecule has 57 valence electrons. The molecule has 1 aliphatic rings. The second kappa shape index (κ2) is 5.72. The quantitative estimate of drug-likeness (QED) is 0.491. The fourth-order valence-electron chi connectivity index (χ4n) is 0.853. The van der Waals surface area contributed by atoms with E-state index in [0.29, 0.717) is 0 Å². The van der Waals surface area contributed by atoms with Gasteiger partial charge in [-0.25, -0.2) is 0 Å². The summed E-state index contributed by atoms with van der Waals surface area (Å²) in [6.45, 7) is 0. The molecule has 0 aliphatic heterocycles. The molecule has 0 saturated carbocycles. The van der Waals surface area contributed by atoms with E-state index >= 15 is 0 Å². The lowest BCUT2D eigenvalue weighted by Gasteiger charge is -1.83. The Kier molecular flexibility index (Phi) is 4.19. The van der Waals surface area contributed by atoms with E-state index < -0.39 is 0 Å². The average Bonchev–Trinajstić information content (AvgIpc) is 2.08. The SMILES string of the molecule is [CH]1/C=C/C\C=C/C=C\C=C\C1. The van der Waals surface area contributed by atoms with E-state index in [2.05, 4.69) is 55.0 Å². The molecule has 1 rings (SSSR count). The van der Waals surface area contributed by atoms with Crippen molar-refractivity contribution in [2.24, 2.45) is 0 Å². The van der Waals surface area contributed by atoms with Crippen LogP contribution in [0, 0.1) is 6.42 Å². The lowest BCUT2D eigenvalue weighted by Crippen LogP contribution is -1.64. The van der Waals surface area contributed by atoms with E-state index in [4.69, 9.17) is 0 Å². The van der Waals surface area contributed by atoms with Gasteiger partial charge in [0, 0.05) is 0 Å². The van der Waals surface area contributed by atoms with Crippen molar-refractivity contribution in [1.82, 2.24) is 0 Å². The van der Waals surface area contributed by atoms with Gasteiger partial charge in [0.1, 0.15) is 0 Å². The van der Waals surface area contributed by atoms with E-state index in [1.165, 1.54) is 0 Å². The van der Waals surface area contributed by atoms with Gasteiger partial charge in [0.2, 0.25) is 0 Å². The van der Waals surface area contributed by atoms with Gasteiger partial charge in [-0.05, 0) is 19.3 Å². The number of rotatable bonds is 0. The zero-order valence-electron chi connectivity index (χ0n) is 6.61. The van der Waals surface area contributed by atoms with Gasteiger partial charge < -0.3 is 0 Å². The van der Waals surface area contributed by atoms with Crippen LogP contribution in [-0.4, -0.2) is 0 Å². The van der Waals surface area contributed by atoms with Crippen molar-refractivity contribution in [1.29, 1.82) is 0 Å². The molecule has 1 aliphatic carbocycles. The zero-order valence-corrected chi connectivity index (χ0v) is 6.61. The van der Waals surface area contributed by atoms with Gasteiger partial charge in [-0.2, -0.15) is 0 Å². The van der Waals surface area contributed by atoms with Crippen LogP contribution in [0.3, 0.4) is 0 Å². The molecular formula is C11H13. The molecule has 0 unspecified atom stereocenters. The number of hydrogen-bond donors (Lipinski definition) is 0. The summed E-state index contributed by atoms with van der Waals surface area (Å²) < 4.78 is 0. The highest BCUT2D eigenvalue weighted by Gasteiger charge is 1.77. The third-order valence-corrected chi connectivity index (χ3v) is 1.42. The normalized spacial score (nSPS) is 29.8. The van der Waals surface area contributed by atoms with E-state index in [1.54, 1.807) is 0 Å². The van der Waals surface area contributed by atoms with Gasteiger partial charge in [0.15, 0.2) is 0 Å². The van der Waals surface area contributed by atoms with Crippen LogP contribution in [0.4, 0.5) is 0 Å². The van der Waals surface area contributed by atoms with Gasteiger partial charge >= 0.3 is 0 Å². The summed E-state index contributed by atoms with van der Waals surface area (Å²) >= 11 is 0. The Balaban J connectivity index is 2.47. The van der Waals surface area contributed by atoms with Gasteiger partial charge in [-0.3, -0.25) is 0 Å². The van der Waals surface area contributed by atoms with Crippen molar-refractivity contribution in [2.45, 2.75) is 12.8 Å². The average molecular weight is 145 g/mol. The highest BCUT2D eigenvalue weighted by molar-refractivity contribution is 5.14. The number of allylic oxidation sites excluding steroid dienone is 8. The van der Waals surface area contributed by atoms with E-state index in [1.807, 2.05) is 0 Å². The molecule has 11 heavy (non-hydrogen) atoms. The van der Waals surface area contributed by atoms with Crippen LogP contribution in [0.15, 0.2) is 48.6 Å². The van der Waals surface area contributed by atoms with Gasteiger partial charge in [0.05, 0.1) is 0 Å². The van der Waals surface area contributed by atoms with Crippen molar-refractivity contribution < 1.29 is 0 Å². The first-order chi connectivity index (χ1) is 5.50. The summed E-state index contributed by atoms with van der Waals surface area (Å²) in [4.78, 5) is 0. The highest BCUT2D eigenvalue weighted by Crippen LogP contribution is 1.96. The largest absolute Gasteiger partial charge is 0.0844 e. The van der Waals surface area contributed by atoms with Crippen molar-refractivity contribution >= 4 is 0 Å². The predicted molar refractivity (Wildman–Crippen MR) is 50.1 cm³/mol. The molecule has 0 spiro atoms. The third-order valence-electron chi connectivity index (χ3n) is 1.42. The van der Waals surface area contributed by atoms with Crippen LogP contribution in [0.25, 0.3) is 0 Å². The standard InChI is InChI=1S/C11H13/c1-2-4-6-8-10-11-9-7-5-3-1/h1-6,9-11H,7-8H2/b2-1-,5-3-,6-4+,11-9+. The molecule has 0 heterocycles. The van der Waals surface area contributed by atoms with Crippen LogP contribution >= 0.6 is 0 Å². The molecule has 0 amide bonds. The van der Waals surface area contributed by atoms with Crippen LogP contribution < -0.4 is 0 Å². The fourth-order valence-corrected chi connectivity index (χ4v) is 0.853. The van der Waals surface area contributed by atoms with Crippen molar-refractivity contribution in [2.75, 3.05) is 0 Å². The van der Waals surface area contributed by atoms with Crippen LogP contribution in [0.2, 0.25) is 0 Å². The minimum absolute atomic E-state index is 1.03. The molecule has 0 aromatic rings. The minimum atomic E-state index is 1.03. The fraction of sp³-hybridized carbons (Fsp3) is 0.182. The Morgan fingerprint density at radius 2 is 1.18 bits per heavy atom. The van der Waals surface area contributed by atoms with E-state index in [-0.39, 0.29) is 0 Å². The molecule has 0 N–H and O–H groups in total. The molecular weight excluding hydrogens is 132 g/mol. The lowest BCUT2D eigenvalue weighted by molar-refractivity contribution is 1.27. The van der Waals surface area contributed by atoms with Gasteiger partial charge in [-0.15, -0.1) is 0 Å². The minimum Gasteiger partial charge on any atom is -0.0844 e. The number of hydrogen-bond acceptors (Lipinski definition) is 0. The summed E-state index contributed by atoms with van der Waals surface area (Å²) in [7, 11) is 0. The Labute approximate surface area is 68.6 Å². The maximum absolute atomic E-state index is 2.16. The van der Waals surface area contributed by atoms with Crippen molar-refractivity contribution in [3.8, 4) is 0 Å².